The van der Waals surface area contributed by atoms with Crippen molar-refractivity contribution in [1.29, 1.82) is 0 Å². The van der Waals surface area contributed by atoms with Gasteiger partial charge in [0.15, 0.2) is 0 Å². The summed E-state index contributed by atoms with van der Waals surface area (Å²) in [6.45, 7) is 4.22. The van der Waals surface area contributed by atoms with E-state index in [2.05, 4.69) is 6.92 Å². The minimum atomic E-state index is 0.0635. The Morgan fingerprint density at radius 2 is 2.25 bits per heavy atom. The van der Waals surface area contributed by atoms with Crippen molar-refractivity contribution in [1.82, 2.24) is 0 Å². The summed E-state index contributed by atoms with van der Waals surface area (Å²) in [5.41, 5.74) is 0. The maximum atomic E-state index is 11.2. The van der Waals surface area contributed by atoms with E-state index in [1.807, 2.05) is 6.92 Å². The van der Waals surface area contributed by atoms with Crippen molar-refractivity contribution in [2.24, 2.45) is 17.8 Å². The number of ether oxygens (including phenoxy) is 1. The van der Waals surface area contributed by atoms with E-state index in [1.165, 1.54) is 19.3 Å². The fraction of sp³-hybridized carbons (Fsp3) is 0.900. The summed E-state index contributed by atoms with van der Waals surface area (Å²) in [7, 11) is 0. The van der Waals surface area contributed by atoms with Gasteiger partial charge in [-0.15, -0.1) is 0 Å². The van der Waals surface area contributed by atoms with Crippen LogP contribution in [0, 0.1) is 17.8 Å². The van der Waals surface area contributed by atoms with Crippen LogP contribution in [0.1, 0.15) is 33.1 Å². The van der Waals surface area contributed by atoms with Crippen molar-refractivity contribution < 1.29 is 9.53 Å². The Labute approximate surface area is 73.3 Å². The minimum absolute atomic E-state index is 0.0635. The van der Waals surface area contributed by atoms with Crippen LogP contribution in [0.4, 0.5) is 0 Å². The van der Waals surface area contributed by atoms with Gasteiger partial charge in [0.05, 0.1) is 5.92 Å². The molecule has 0 amide bonds. The first-order chi connectivity index (χ1) is 5.75. The van der Waals surface area contributed by atoms with Gasteiger partial charge in [-0.3, -0.25) is 4.79 Å². The van der Waals surface area contributed by atoms with E-state index in [4.69, 9.17) is 4.74 Å². The number of carbonyl (C=O) groups is 1. The fourth-order valence-electron chi connectivity index (χ4n) is 2.52. The summed E-state index contributed by atoms with van der Waals surface area (Å²) in [5, 5.41) is 0. The maximum absolute atomic E-state index is 11.2. The SMILES string of the molecule is CCCC[C@@H]1[C@@H]2C(=O)O[C@@H](C)[C@H]12. The number of hydrogen-bond acceptors (Lipinski definition) is 2. The second-order valence-electron chi connectivity index (χ2n) is 4.05. The van der Waals surface area contributed by atoms with E-state index in [9.17, 15) is 4.79 Å². The van der Waals surface area contributed by atoms with Gasteiger partial charge in [-0.25, -0.2) is 0 Å². The zero-order valence-electron chi connectivity index (χ0n) is 7.75. The largest absolute Gasteiger partial charge is 0.462 e. The summed E-state index contributed by atoms with van der Waals surface area (Å²) < 4.78 is 5.09. The van der Waals surface area contributed by atoms with Crippen molar-refractivity contribution in [2.45, 2.75) is 39.2 Å². The van der Waals surface area contributed by atoms with Crippen LogP contribution >= 0.6 is 0 Å². The van der Waals surface area contributed by atoms with Crippen molar-refractivity contribution in [3.63, 3.8) is 0 Å². The first-order valence-electron chi connectivity index (χ1n) is 4.96. The minimum Gasteiger partial charge on any atom is -0.462 e. The molecule has 2 fully saturated rings. The van der Waals surface area contributed by atoms with Gasteiger partial charge in [0.1, 0.15) is 6.10 Å². The molecular formula is C10H16O2. The normalized spacial score (nSPS) is 44.0. The highest BCUT2D eigenvalue weighted by Crippen LogP contribution is 2.57. The van der Waals surface area contributed by atoms with Crippen molar-refractivity contribution in [3.8, 4) is 0 Å². The number of fused-ring (bicyclic) bond motifs is 1. The lowest BCUT2D eigenvalue weighted by Gasteiger charge is -2.08. The molecule has 1 aliphatic heterocycles. The number of carbonyl (C=O) groups excluding carboxylic acids is 1. The van der Waals surface area contributed by atoms with Gasteiger partial charge in [-0.1, -0.05) is 19.8 Å². The topological polar surface area (TPSA) is 26.3 Å². The van der Waals surface area contributed by atoms with Gasteiger partial charge < -0.3 is 4.74 Å². The smallest absolute Gasteiger partial charge is 0.309 e. The molecular weight excluding hydrogens is 152 g/mol. The Balaban J connectivity index is 1.87. The maximum Gasteiger partial charge on any atom is 0.309 e. The third-order valence-corrected chi connectivity index (χ3v) is 3.24. The van der Waals surface area contributed by atoms with E-state index < -0.39 is 0 Å². The molecule has 4 atom stereocenters. The highest BCUT2D eigenvalue weighted by molar-refractivity contribution is 5.79. The molecule has 2 rings (SSSR count). The lowest BCUT2D eigenvalue weighted by atomic mass is 10.1. The summed E-state index contributed by atoms with van der Waals surface area (Å²) in [6, 6.07) is 0. The molecule has 1 heterocycles. The fourth-order valence-corrected chi connectivity index (χ4v) is 2.52. The quantitative estimate of drug-likeness (QED) is 0.602. The Kier molecular flexibility index (Phi) is 1.85. The van der Waals surface area contributed by atoms with Crippen LogP contribution in [-0.4, -0.2) is 12.1 Å². The molecule has 0 N–H and O–H groups in total. The predicted molar refractivity (Wildman–Crippen MR) is 45.5 cm³/mol. The summed E-state index contributed by atoms with van der Waals surface area (Å²) in [6.07, 6.45) is 3.92. The third kappa shape index (κ3) is 1.05. The summed E-state index contributed by atoms with van der Waals surface area (Å²) in [4.78, 5) is 11.2. The predicted octanol–water partition coefficient (Wildman–Crippen LogP) is 1.98. The van der Waals surface area contributed by atoms with Gasteiger partial charge in [0, 0.05) is 5.92 Å². The van der Waals surface area contributed by atoms with Crippen LogP contribution in [0.25, 0.3) is 0 Å². The molecule has 2 aliphatic rings. The van der Waals surface area contributed by atoms with Gasteiger partial charge in [0.2, 0.25) is 0 Å². The van der Waals surface area contributed by atoms with Gasteiger partial charge >= 0.3 is 5.97 Å². The average molecular weight is 168 g/mol. The highest BCUT2D eigenvalue weighted by Gasteiger charge is 2.63. The molecule has 1 aliphatic carbocycles. The van der Waals surface area contributed by atoms with E-state index >= 15 is 0 Å². The molecule has 1 saturated heterocycles. The molecule has 12 heavy (non-hydrogen) atoms. The Bertz CT molecular complexity index is 200. The number of rotatable bonds is 3. The van der Waals surface area contributed by atoms with Crippen LogP contribution in [0.5, 0.6) is 0 Å². The first kappa shape index (κ1) is 8.09. The molecule has 0 aromatic carbocycles. The molecule has 0 unspecified atom stereocenters. The first-order valence-corrected chi connectivity index (χ1v) is 4.96. The number of unbranched alkanes of at least 4 members (excludes halogenated alkanes) is 1. The monoisotopic (exact) mass is 168 g/mol. The molecule has 2 heteroatoms. The lowest BCUT2D eigenvalue weighted by molar-refractivity contribution is -0.145. The van der Waals surface area contributed by atoms with Crippen molar-refractivity contribution in [3.05, 3.63) is 0 Å². The zero-order chi connectivity index (χ0) is 8.72. The molecule has 2 nitrogen and oxygen atoms in total. The van der Waals surface area contributed by atoms with Crippen molar-refractivity contribution >= 4 is 5.97 Å². The van der Waals surface area contributed by atoms with Gasteiger partial charge in [0.25, 0.3) is 0 Å². The number of hydrogen-bond donors (Lipinski definition) is 0. The summed E-state index contributed by atoms with van der Waals surface area (Å²) >= 11 is 0. The van der Waals surface area contributed by atoms with Crippen LogP contribution in [0.15, 0.2) is 0 Å². The second-order valence-corrected chi connectivity index (χ2v) is 4.05. The standard InChI is InChI=1S/C10H16O2/c1-3-4-5-7-8-6(2)12-10(11)9(7)8/h6-9H,3-5H2,1-2H3/t6-,7-,8+,9-/m0/s1. The molecule has 0 radical (unpaired) electrons. The van der Waals surface area contributed by atoms with E-state index in [0.29, 0.717) is 11.8 Å². The highest BCUT2D eigenvalue weighted by atomic mass is 16.6. The van der Waals surface area contributed by atoms with Crippen LogP contribution in [0.3, 0.4) is 0 Å². The second kappa shape index (κ2) is 2.75. The Morgan fingerprint density at radius 3 is 2.75 bits per heavy atom. The molecule has 68 valence electrons. The lowest BCUT2D eigenvalue weighted by Crippen LogP contribution is -2.12. The van der Waals surface area contributed by atoms with Crippen LogP contribution in [-0.2, 0) is 9.53 Å². The van der Waals surface area contributed by atoms with Crippen LogP contribution in [0.2, 0.25) is 0 Å². The van der Waals surface area contributed by atoms with Crippen molar-refractivity contribution in [2.75, 3.05) is 0 Å². The van der Waals surface area contributed by atoms with Gasteiger partial charge in [-0.05, 0) is 19.3 Å². The van der Waals surface area contributed by atoms with E-state index in [1.54, 1.807) is 0 Å². The van der Waals surface area contributed by atoms with E-state index in [0.717, 1.165) is 0 Å². The average Bonchev–Trinajstić information content (AvgIpc) is 2.66. The molecule has 0 aromatic heterocycles. The molecule has 0 aromatic rings. The molecule has 0 bridgehead atoms. The number of esters is 1. The van der Waals surface area contributed by atoms with Crippen LogP contribution < -0.4 is 0 Å². The molecule has 0 spiro atoms. The van der Waals surface area contributed by atoms with E-state index in [-0.39, 0.29) is 18.0 Å². The summed E-state index contributed by atoms with van der Waals surface area (Å²) in [5.74, 6) is 1.59. The van der Waals surface area contributed by atoms with Gasteiger partial charge in [-0.2, -0.15) is 0 Å². The Hall–Kier alpha value is -0.530. The zero-order valence-corrected chi connectivity index (χ0v) is 7.75. The Morgan fingerprint density at radius 1 is 1.50 bits per heavy atom. The molecule has 1 saturated carbocycles. The third-order valence-electron chi connectivity index (χ3n) is 3.24. The number of cyclic esters (lactones) is 1.